The van der Waals surface area contributed by atoms with Crippen LogP contribution in [0.3, 0.4) is 0 Å². The van der Waals surface area contributed by atoms with E-state index in [0.29, 0.717) is 25.9 Å². The van der Waals surface area contributed by atoms with Gasteiger partial charge in [-0.1, -0.05) is 31.5 Å². The first kappa shape index (κ1) is 27.3. The van der Waals surface area contributed by atoms with Crippen LogP contribution in [0, 0.1) is 12.8 Å². The summed E-state index contributed by atoms with van der Waals surface area (Å²) >= 11 is 0. The quantitative estimate of drug-likeness (QED) is 0.532. The van der Waals surface area contributed by atoms with Crippen LogP contribution in [0.4, 0.5) is 0 Å². The van der Waals surface area contributed by atoms with Crippen LogP contribution >= 0.6 is 0 Å². The molecule has 1 unspecified atom stereocenters. The van der Waals surface area contributed by atoms with Crippen molar-refractivity contribution in [1.29, 1.82) is 0 Å². The highest BCUT2D eigenvalue weighted by Crippen LogP contribution is 2.26. The number of hydrogen-bond donors (Lipinski definition) is 2. The summed E-state index contributed by atoms with van der Waals surface area (Å²) in [6, 6.07) is 5.99. The first-order valence-corrected chi connectivity index (χ1v) is 13.0. The molecule has 1 aromatic rings. The van der Waals surface area contributed by atoms with Gasteiger partial charge in [0.05, 0.1) is 10.9 Å². The number of benzene rings is 1. The number of carbonyl (C=O) groups excluding carboxylic acids is 1. The van der Waals surface area contributed by atoms with Crippen LogP contribution in [-0.2, 0) is 19.6 Å². The molecule has 1 saturated heterocycles. The third-order valence-electron chi connectivity index (χ3n) is 5.92. The summed E-state index contributed by atoms with van der Waals surface area (Å²) in [4.78, 5) is 26.4. The number of carbonyl (C=O) groups is 2. The maximum absolute atomic E-state index is 13.4. The summed E-state index contributed by atoms with van der Waals surface area (Å²) in [6.45, 7) is 11.8. The third-order valence-corrected chi connectivity index (χ3v) is 7.89. The van der Waals surface area contributed by atoms with E-state index in [-0.39, 0.29) is 29.3 Å². The maximum atomic E-state index is 13.4. The Balaban J connectivity index is 2.20. The number of aryl methyl sites for hydroxylation is 1. The fourth-order valence-electron chi connectivity index (χ4n) is 4.17. The number of aliphatic carboxylic acids is 1. The average Bonchev–Trinajstić information content (AvgIpc) is 3.17. The van der Waals surface area contributed by atoms with Gasteiger partial charge in [-0.15, -0.1) is 0 Å². The van der Waals surface area contributed by atoms with Crippen molar-refractivity contribution in [2.75, 3.05) is 19.6 Å². The number of nitrogens with one attached hydrogen (secondary N) is 1. The van der Waals surface area contributed by atoms with E-state index in [1.165, 1.54) is 9.21 Å². The Morgan fingerprint density at radius 2 is 1.82 bits per heavy atom. The lowest BCUT2D eigenvalue weighted by Gasteiger charge is -2.38. The van der Waals surface area contributed by atoms with Gasteiger partial charge in [0.15, 0.2) is 0 Å². The maximum Gasteiger partial charge on any atom is 0.323 e. The smallest absolute Gasteiger partial charge is 0.323 e. The molecule has 1 aliphatic heterocycles. The Hall–Kier alpha value is -1.97. The Kier molecular flexibility index (Phi) is 9.07. The molecule has 33 heavy (non-hydrogen) atoms. The van der Waals surface area contributed by atoms with Crippen molar-refractivity contribution in [1.82, 2.24) is 14.5 Å². The standard InChI is InChI=1S/C24H39N3O5S/c1-17(2)14-21(23(30)26(16-22(28)29)24(4,5)6)25-15-19-8-7-13-27(19)33(31,32)20-11-9-18(3)10-12-20/h9-12,17,19,21,25H,7-8,13-16H2,1-6H3,(H,28,29)/t19?,21-/m0/s1. The SMILES string of the molecule is Cc1ccc(S(=O)(=O)N2CCCC2CN[C@@H](CC(C)C)C(=O)N(CC(=O)O)C(C)(C)C)cc1. The first-order valence-electron chi connectivity index (χ1n) is 11.6. The highest BCUT2D eigenvalue weighted by atomic mass is 32.2. The van der Waals surface area contributed by atoms with Gasteiger partial charge in [-0.05, 0) is 65.0 Å². The molecule has 1 aliphatic rings. The minimum Gasteiger partial charge on any atom is -0.480 e. The van der Waals surface area contributed by atoms with Crippen LogP contribution in [0.2, 0.25) is 0 Å². The number of sulfonamides is 1. The first-order chi connectivity index (χ1) is 15.2. The summed E-state index contributed by atoms with van der Waals surface area (Å²) in [6.07, 6.45) is 1.99. The van der Waals surface area contributed by atoms with Crippen LogP contribution in [0.25, 0.3) is 0 Å². The summed E-state index contributed by atoms with van der Waals surface area (Å²) in [5.41, 5.74) is 0.342. The molecule has 2 N–H and O–H groups in total. The monoisotopic (exact) mass is 481 g/mol. The van der Waals surface area contributed by atoms with Crippen molar-refractivity contribution in [3.05, 3.63) is 29.8 Å². The number of carboxylic acid groups (broad SMARTS) is 1. The Labute approximate surface area is 198 Å². The molecule has 1 aromatic carbocycles. The van der Waals surface area contributed by atoms with Gasteiger partial charge in [-0.2, -0.15) is 4.31 Å². The number of amides is 1. The Morgan fingerprint density at radius 3 is 2.33 bits per heavy atom. The summed E-state index contributed by atoms with van der Waals surface area (Å²) in [7, 11) is -3.63. The lowest BCUT2D eigenvalue weighted by atomic mass is 9.98. The molecule has 8 nitrogen and oxygen atoms in total. The normalized spacial score (nSPS) is 18.5. The van der Waals surface area contributed by atoms with Crippen LogP contribution < -0.4 is 5.32 Å². The van der Waals surface area contributed by atoms with Crippen molar-refractivity contribution in [2.45, 2.75) is 83.3 Å². The molecule has 0 aromatic heterocycles. The van der Waals surface area contributed by atoms with E-state index in [0.717, 1.165) is 12.0 Å². The van der Waals surface area contributed by atoms with Gasteiger partial charge in [0.1, 0.15) is 6.54 Å². The van der Waals surface area contributed by atoms with Gasteiger partial charge in [0, 0.05) is 24.7 Å². The number of nitrogens with zero attached hydrogens (tertiary/aromatic N) is 2. The Bertz CT molecular complexity index is 922. The minimum absolute atomic E-state index is 0.203. The summed E-state index contributed by atoms with van der Waals surface area (Å²) in [5, 5.41) is 12.6. The number of carboxylic acids is 1. The fourth-order valence-corrected chi connectivity index (χ4v) is 5.86. The van der Waals surface area contributed by atoms with Crippen LogP contribution in [0.15, 0.2) is 29.2 Å². The highest BCUT2D eigenvalue weighted by molar-refractivity contribution is 7.89. The molecule has 186 valence electrons. The van der Waals surface area contributed by atoms with Crippen molar-refractivity contribution >= 4 is 21.9 Å². The van der Waals surface area contributed by atoms with E-state index in [4.69, 9.17) is 0 Å². The average molecular weight is 482 g/mol. The van der Waals surface area contributed by atoms with Crippen LogP contribution in [0.5, 0.6) is 0 Å². The molecule has 1 amide bonds. The van der Waals surface area contributed by atoms with E-state index < -0.39 is 27.6 Å². The number of rotatable bonds is 10. The molecule has 0 saturated carbocycles. The van der Waals surface area contributed by atoms with Gasteiger partial charge in [-0.3, -0.25) is 9.59 Å². The third kappa shape index (κ3) is 7.25. The highest BCUT2D eigenvalue weighted by Gasteiger charge is 2.37. The fraction of sp³-hybridized carbons (Fsp3) is 0.667. The second-order valence-electron chi connectivity index (χ2n) is 10.3. The predicted octanol–water partition coefficient (Wildman–Crippen LogP) is 2.86. The van der Waals surface area contributed by atoms with Gasteiger partial charge in [0.25, 0.3) is 0 Å². The van der Waals surface area contributed by atoms with E-state index in [9.17, 15) is 23.1 Å². The van der Waals surface area contributed by atoms with Crippen molar-refractivity contribution in [2.24, 2.45) is 5.92 Å². The summed E-state index contributed by atoms with van der Waals surface area (Å²) in [5.74, 6) is -1.13. The zero-order chi connectivity index (χ0) is 25.0. The van der Waals surface area contributed by atoms with Crippen molar-refractivity contribution in [3.8, 4) is 0 Å². The van der Waals surface area contributed by atoms with E-state index >= 15 is 0 Å². The van der Waals surface area contributed by atoms with Gasteiger partial charge >= 0.3 is 5.97 Å². The van der Waals surface area contributed by atoms with E-state index in [2.05, 4.69) is 5.32 Å². The van der Waals surface area contributed by atoms with Gasteiger partial charge in [0.2, 0.25) is 15.9 Å². The lowest BCUT2D eigenvalue weighted by molar-refractivity contribution is -0.149. The second-order valence-corrected chi connectivity index (χ2v) is 12.2. The molecule has 0 spiro atoms. The zero-order valence-corrected chi connectivity index (χ0v) is 21.5. The molecule has 1 heterocycles. The summed E-state index contributed by atoms with van der Waals surface area (Å²) < 4.78 is 28.0. The van der Waals surface area contributed by atoms with Gasteiger partial charge < -0.3 is 15.3 Å². The van der Waals surface area contributed by atoms with Crippen molar-refractivity contribution in [3.63, 3.8) is 0 Å². The van der Waals surface area contributed by atoms with Crippen molar-refractivity contribution < 1.29 is 23.1 Å². The zero-order valence-electron chi connectivity index (χ0n) is 20.7. The topological polar surface area (TPSA) is 107 Å². The molecule has 0 aliphatic carbocycles. The lowest BCUT2D eigenvalue weighted by Crippen LogP contribution is -2.56. The second kappa shape index (κ2) is 11.0. The molecule has 2 rings (SSSR count). The van der Waals surface area contributed by atoms with Crippen LogP contribution in [-0.4, -0.2) is 71.9 Å². The van der Waals surface area contributed by atoms with Gasteiger partial charge in [-0.25, -0.2) is 8.42 Å². The van der Waals surface area contributed by atoms with E-state index in [1.807, 2.05) is 41.5 Å². The molecule has 2 atom stereocenters. The number of hydrogen-bond acceptors (Lipinski definition) is 5. The molecular formula is C24H39N3O5S. The molecular weight excluding hydrogens is 442 g/mol. The molecule has 1 fully saturated rings. The van der Waals surface area contributed by atoms with Crippen LogP contribution in [0.1, 0.15) is 59.4 Å². The molecule has 0 radical (unpaired) electrons. The molecule has 0 bridgehead atoms. The minimum atomic E-state index is -3.63. The van der Waals surface area contributed by atoms with E-state index in [1.54, 1.807) is 24.3 Å². The largest absolute Gasteiger partial charge is 0.480 e. The Morgan fingerprint density at radius 1 is 1.21 bits per heavy atom. The predicted molar refractivity (Wildman–Crippen MR) is 128 cm³/mol. The molecule has 9 heteroatoms.